The molecule has 0 bridgehead atoms. The van der Waals surface area contributed by atoms with Crippen LogP contribution in [-0.4, -0.2) is 24.7 Å². The molecule has 2 aromatic rings. The quantitative estimate of drug-likeness (QED) is 0.697. The molecule has 0 aliphatic heterocycles. The maximum atomic E-state index is 12.4. The van der Waals surface area contributed by atoms with E-state index in [4.69, 9.17) is 4.74 Å². The highest BCUT2D eigenvalue weighted by atomic mass is 32.2. The van der Waals surface area contributed by atoms with Gasteiger partial charge in [-0.15, -0.1) is 23.1 Å². The number of methoxy groups -OCH3 is 1. The highest BCUT2D eigenvalue weighted by Crippen LogP contribution is 2.38. The van der Waals surface area contributed by atoms with E-state index in [9.17, 15) is 9.59 Å². The summed E-state index contributed by atoms with van der Waals surface area (Å²) in [7, 11) is 1.39. The van der Waals surface area contributed by atoms with Crippen molar-refractivity contribution in [2.75, 3.05) is 18.2 Å². The van der Waals surface area contributed by atoms with Crippen molar-refractivity contribution >= 4 is 40.0 Å². The van der Waals surface area contributed by atoms with Crippen molar-refractivity contribution in [3.8, 4) is 0 Å². The zero-order valence-electron chi connectivity index (χ0n) is 16.0. The number of aryl methyl sites for hydroxylation is 3. The number of rotatable bonds is 6. The van der Waals surface area contributed by atoms with Crippen molar-refractivity contribution in [3.63, 3.8) is 0 Å². The molecule has 0 radical (unpaired) electrons. The molecule has 0 atom stereocenters. The van der Waals surface area contributed by atoms with E-state index in [1.165, 1.54) is 40.0 Å². The third-order valence-electron chi connectivity index (χ3n) is 4.60. The average Bonchev–Trinajstić information content (AvgIpc) is 2.98. The fourth-order valence-electron chi connectivity index (χ4n) is 3.55. The molecule has 4 nitrogen and oxygen atoms in total. The Morgan fingerprint density at radius 3 is 2.56 bits per heavy atom. The highest BCUT2D eigenvalue weighted by Gasteiger charge is 2.26. The monoisotopic (exact) mass is 403 g/mol. The molecule has 1 heterocycles. The number of anilines is 1. The summed E-state index contributed by atoms with van der Waals surface area (Å²) in [6.45, 7) is 4.17. The molecule has 1 aromatic carbocycles. The summed E-state index contributed by atoms with van der Waals surface area (Å²) in [5, 5.41) is 3.59. The minimum atomic E-state index is -0.354. The molecular weight excluding hydrogens is 378 g/mol. The lowest BCUT2D eigenvalue weighted by Crippen LogP contribution is -2.16. The van der Waals surface area contributed by atoms with Gasteiger partial charge in [-0.2, -0.15) is 0 Å². The molecule has 0 unspecified atom stereocenters. The predicted octanol–water partition coefficient (Wildman–Crippen LogP) is 4.90. The molecule has 0 spiro atoms. The van der Waals surface area contributed by atoms with Gasteiger partial charge in [0.15, 0.2) is 0 Å². The second-order valence-electron chi connectivity index (χ2n) is 6.94. The Balaban J connectivity index is 1.63. The van der Waals surface area contributed by atoms with Gasteiger partial charge in [0, 0.05) is 10.6 Å². The Morgan fingerprint density at radius 1 is 1.15 bits per heavy atom. The summed E-state index contributed by atoms with van der Waals surface area (Å²) in [5.41, 5.74) is 5.33. The van der Waals surface area contributed by atoms with E-state index in [0.29, 0.717) is 16.3 Å². The van der Waals surface area contributed by atoms with Crippen LogP contribution in [0.25, 0.3) is 0 Å². The molecule has 6 heteroatoms. The first-order valence-electron chi connectivity index (χ1n) is 9.15. The smallest absolute Gasteiger partial charge is 0.341 e. The second kappa shape index (κ2) is 8.93. The zero-order valence-corrected chi connectivity index (χ0v) is 17.6. The third-order valence-corrected chi connectivity index (χ3v) is 6.81. The largest absolute Gasteiger partial charge is 0.465 e. The summed E-state index contributed by atoms with van der Waals surface area (Å²) in [5.74, 6) is 0.720. The molecular formula is C21H25NO3S2. The lowest BCUT2D eigenvalue weighted by molar-refractivity contribution is -0.113. The normalized spacial score (nSPS) is 13.1. The van der Waals surface area contributed by atoms with Crippen LogP contribution >= 0.6 is 23.1 Å². The Bertz CT molecular complexity index is 837. The van der Waals surface area contributed by atoms with Crippen LogP contribution in [0.15, 0.2) is 18.2 Å². The van der Waals surface area contributed by atoms with Crippen LogP contribution < -0.4 is 5.32 Å². The van der Waals surface area contributed by atoms with Gasteiger partial charge in [-0.05, 0) is 50.7 Å². The van der Waals surface area contributed by atoms with Crippen molar-refractivity contribution in [1.82, 2.24) is 0 Å². The number of amides is 1. The standard InChI is InChI=1S/C21H25NO3S2/c1-13-8-14(2)10-15(9-13)11-26-12-18(23)22-20-19(21(24)25-3)16-6-4-5-7-17(16)27-20/h8-10H,4-7,11-12H2,1-3H3,(H,22,23). The Hall–Kier alpha value is -1.79. The number of fused-ring (bicyclic) bond motifs is 1. The number of esters is 1. The second-order valence-corrected chi connectivity index (χ2v) is 9.03. The first kappa shape index (κ1) is 20.0. The van der Waals surface area contributed by atoms with Crippen LogP contribution in [0.1, 0.15) is 50.3 Å². The number of carbonyl (C=O) groups is 2. The van der Waals surface area contributed by atoms with Gasteiger partial charge in [0.1, 0.15) is 5.00 Å². The van der Waals surface area contributed by atoms with Crippen LogP contribution in [0.4, 0.5) is 5.00 Å². The first-order valence-corrected chi connectivity index (χ1v) is 11.1. The fraction of sp³-hybridized carbons (Fsp3) is 0.429. The van der Waals surface area contributed by atoms with Crippen molar-refractivity contribution in [3.05, 3.63) is 50.9 Å². The summed E-state index contributed by atoms with van der Waals surface area (Å²) in [4.78, 5) is 25.9. The number of hydrogen-bond acceptors (Lipinski definition) is 5. The SMILES string of the molecule is COC(=O)c1c(NC(=O)CSCc2cc(C)cc(C)c2)sc2c1CCCC2. The first-order chi connectivity index (χ1) is 13.0. The Labute approximate surface area is 168 Å². The molecule has 0 fully saturated rings. The Kier molecular flexibility index (Phi) is 6.60. The van der Waals surface area contributed by atoms with Crippen molar-refractivity contribution < 1.29 is 14.3 Å². The number of carbonyl (C=O) groups excluding carboxylic acids is 2. The van der Waals surface area contributed by atoms with Crippen LogP contribution in [0, 0.1) is 13.8 Å². The topological polar surface area (TPSA) is 55.4 Å². The molecule has 144 valence electrons. The minimum Gasteiger partial charge on any atom is -0.465 e. The highest BCUT2D eigenvalue weighted by molar-refractivity contribution is 7.99. The van der Waals surface area contributed by atoms with Gasteiger partial charge in [0.25, 0.3) is 0 Å². The zero-order chi connectivity index (χ0) is 19.4. The van der Waals surface area contributed by atoms with E-state index in [1.807, 2.05) is 0 Å². The van der Waals surface area contributed by atoms with Crippen molar-refractivity contribution in [1.29, 1.82) is 0 Å². The maximum absolute atomic E-state index is 12.4. The number of hydrogen-bond donors (Lipinski definition) is 1. The number of thioether (sulfide) groups is 1. The average molecular weight is 404 g/mol. The molecule has 0 saturated heterocycles. The predicted molar refractivity (Wildman–Crippen MR) is 113 cm³/mol. The van der Waals surface area contributed by atoms with Crippen LogP contribution in [0.2, 0.25) is 0 Å². The number of ether oxygens (including phenoxy) is 1. The lowest BCUT2D eigenvalue weighted by atomic mass is 9.95. The van der Waals surface area contributed by atoms with Crippen LogP contribution in [0.5, 0.6) is 0 Å². The molecule has 1 N–H and O–H groups in total. The maximum Gasteiger partial charge on any atom is 0.341 e. The van der Waals surface area contributed by atoms with E-state index in [1.54, 1.807) is 11.8 Å². The van der Waals surface area contributed by atoms with Crippen molar-refractivity contribution in [2.45, 2.75) is 45.3 Å². The van der Waals surface area contributed by atoms with Gasteiger partial charge in [-0.25, -0.2) is 4.79 Å². The van der Waals surface area contributed by atoms with Gasteiger partial charge in [0.05, 0.1) is 18.4 Å². The summed E-state index contributed by atoms with van der Waals surface area (Å²) >= 11 is 3.11. The Morgan fingerprint density at radius 2 is 1.85 bits per heavy atom. The summed E-state index contributed by atoms with van der Waals surface area (Å²) in [6.07, 6.45) is 4.06. The molecule has 1 amide bonds. The molecule has 1 aliphatic rings. The number of benzene rings is 1. The van der Waals surface area contributed by atoms with E-state index in [0.717, 1.165) is 37.0 Å². The number of nitrogens with one attached hydrogen (secondary N) is 1. The van der Waals surface area contributed by atoms with Gasteiger partial charge < -0.3 is 10.1 Å². The molecule has 3 rings (SSSR count). The fourth-order valence-corrected chi connectivity index (χ4v) is 5.60. The van der Waals surface area contributed by atoms with Crippen LogP contribution in [0.3, 0.4) is 0 Å². The van der Waals surface area contributed by atoms with E-state index >= 15 is 0 Å². The summed E-state index contributed by atoms with van der Waals surface area (Å²) in [6, 6.07) is 6.45. The third kappa shape index (κ3) is 4.93. The van der Waals surface area contributed by atoms with E-state index in [2.05, 4.69) is 37.4 Å². The lowest BCUT2D eigenvalue weighted by Gasteiger charge is -2.11. The molecule has 0 saturated carbocycles. The van der Waals surface area contributed by atoms with Gasteiger partial charge >= 0.3 is 5.97 Å². The minimum absolute atomic E-state index is 0.0758. The molecule has 27 heavy (non-hydrogen) atoms. The van der Waals surface area contributed by atoms with E-state index < -0.39 is 0 Å². The van der Waals surface area contributed by atoms with Gasteiger partial charge in [-0.3, -0.25) is 4.79 Å². The van der Waals surface area contributed by atoms with Crippen molar-refractivity contribution in [2.24, 2.45) is 0 Å². The van der Waals surface area contributed by atoms with Gasteiger partial charge in [0.2, 0.25) is 5.91 Å². The summed E-state index contributed by atoms with van der Waals surface area (Å²) < 4.78 is 4.96. The van der Waals surface area contributed by atoms with E-state index in [-0.39, 0.29) is 11.9 Å². The molecule has 1 aliphatic carbocycles. The van der Waals surface area contributed by atoms with Crippen LogP contribution in [-0.2, 0) is 28.1 Å². The molecule has 1 aromatic heterocycles. The van der Waals surface area contributed by atoms with Gasteiger partial charge in [-0.1, -0.05) is 29.3 Å². The number of thiophene rings is 1.